The lowest BCUT2D eigenvalue weighted by atomic mass is 10.1. The molecule has 17 heavy (non-hydrogen) atoms. The fraction of sp³-hybridized carbons (Fsp3) is 0.600. The van der Waals surface area contributed by atoms with E-state index in [0.717, 1.165) is 11.7 Å². The molecule has 0 aliphatic rings. The predicted octanol–water partition coefficient (Wildman–Crippen LogP) is 4.03. The first kappa shape index (κ1) is 14.6. The van der Waals surface area contributed by atoms with Gasteiger partial charge in [-0.1, -0.05) is 50.1 Å². The third-order valence-electron chi connectivity index (χ3n) is 3.18. The molecule has 0 bridgehead atoms. The van der Waals surface area contributed by atoms with Crippen molar-refractivity contribution in [3.8, 4) is 0 Å². The Hall–Kier alpha value is -0.470. The molecule has 0 aliphatic carbocycles. The van der Waals surface area contributed by atoms with Crippen LogP contribution in [-0.2, 0) is 0 Å². The molecule has 1 rings (SSSR count). The Labute approximate surface area is 110 Å². The Bertz CT molecular complexity index is 324. The summed E-state index contributed by atoms with van der Waals surface area (Å²) >= 11 is 2.06. The standard InChI is InChI=1S/C15H25NS/c1-5-12(2)10-17-11-15(16-4)14-8-6-7-13(3)9-14/h6-9,12,15-16H,5,10-11H2,1-4H3. The smallest absolute Gasteiger partial charge is 0.0409 e. The van der Waals surface area contributed by atoms with Gasteiger partial charge in [-0.25, -0.2) is 0 Å². The van der Waals surface area contributed by atoms with E-state index in [0.29, 0.717) is 6.04 Å². The quantitative estimate of drug-likeness (QED) is 0.785. The number of thioether (sulfide) groups is 1. The molecule has 0 heterocycles. The van der Waals surface area contributed by atoms with Crippen molar-refractivity contribution in [2.24, 2.45) is 5.92 Å². The summed E-state index contributed by atoms with van der Waals surface area (Å²) in [5, 5.41) is 3.42. The van der Waals surface area contributed by atoms with Crippen molar-refractivity contribution >= 4 is 11.8 Å². The molecule has 0 aromatic heterocycles. The van der Waals surface area contributed by atoms with Crippen molar-refractivity contribution in [2.75, 3.05) is 18.6 Å². The molecule has 0 radical (unpaired) electrons. The zero-order valence-electron chi connectivity index (χ0n) is 11.5. The third kappa shape index (κ3) is 5.13. The van der Waals surface area contributed by atoms with Gasteiger partial charge in [-0.3, -0.25) is 0 Å². The van der Waals surface area contributed by atoms with Crippen molar-refractivity contribution in [2.45, 2.75) is 33.2 Å². The maximum atomic E-state index is 3.42. The molecule has 1 aromatic rings. The van der Waals surface area contributed by atoms with E-state index < -0.39 is 0 Å². The van der Waals surface area contributed by atoms with E-state index in [9.17, 15) is 0 Å². The maximum Gasteiger partial charge on any atom is 0.0409 e. The highest BCUT2D eigenvalue weighted by molar-refractivity contribution is 7.99. The summed E-state index contributed by atoms with van der Waals surface area (Å²) in [5.41, 5.74) is 2.75. The van der Waals surface area contributed by atoms with Crippen molar-refractivity contribution in [3.05, 3.63) is 35.4 Å². The largest absolute Gasteiger partial charge is 0.312 e. The average Bonchev–Trinajstić information content (AvgIpc) is 2.34. The van der Waals surface area contributed by atoms with E-state index in [1.165, 1.54) is 23.3 Å². The summed E-state index contributed by atoms with van der Waals surface area (Å²) in [6.07, 6.45) is 1.28. The van der Waals surface area contributed by atoms with E-state index in [-0.39, 0.29) is 0 Å². The van der Waals surface area contributed by atoms with Gasteiger partial charge in [-0.15, -0.1) is 0 Å². The van der Waals surface area contributed by atoms with Crippen LogP contribution < -0.4 is 5.32 Å². The van der Waals surface area contributed by atoms with Crippen molar-refractivity contribution < 1.29 is 0 Å². The number of benzene rings is 1. The van der Waals surface area contributed by atoms with E-state index in [1.807, 2.05) is 0 Å². The first-order valence-corrected chi connectivity index (χ1v) is 7.64. The number of nitrogens with one attached hydrogen (secondary N) is 1. The summed E-state index contributed by atoms with van der Waals surface area (Å²) in [6.45, 7) is 6.75. The molecule has 0 saturated carbocycles. The van der Waals surface area contributed by atoms with Crippen LogP contribution in [0.4, 0.5) is 0 Å². The second-order valence-corrected chi connectivity index (χ2v) is 5.88. The van der Waals surface area contributed by atoms with E-state index in [2.05, 4.69) is 69.2 Å². The second kappa shape index (κ2) is 7.78. The van der Waals surface area contributed by atoms with Crippen LogP contribution in [0.5, 0.6) is 0 Å². The minimum Gasteiger partial charge on any atom is -0.312 e. The molecule has 2 unspecified atom stereocenters. The van der Waals surface area contributed by atoms with Gasteiger partial charge in [-0.2, -0.15) is 11.8 Å². The molecule has 0 fully saturated rings. The molecule has 1 nitrogen and oxygen atoms in total. The van der Waals surface area contributed by atoms with Gasteiger partial charge in [0.1, 0.15) is 0 Å². The minimum atomic E-state index is 0.476. The van der Waals surface area contributed by atoms with Crippen LogP contribution in [0.2, 0.25) is 0 Å². The summed E-state index contributed by atoms with van der Waals surface area (Å²) in [6, 6.07) is 9.28. The monoisotopic (exact) mass is 251 g/mol. The highest BCUT2D eigenvalue weighted by Gasteiger charge is 2.09. The van der Waals surface area contributed by atoms with Crippen LogP contribution in [0.1, 0.15) is 37.4 Å². The zero-order chi connectivity index (χ0) is 12.7. The molecule has 0 aliphatic heterocycles. The van der Waals surface area contributed by atoms with E-state index >= 15 is 0 Å². The number of aryl methyl sites for hydroxylation is 1. The van der Waals surface area contributed by atoms with Gasteiger partial charge in [0.05, 0.1) is 0 Å². The topological polar surface area (TPSA) is 12.0 Å². The van der Waals surface area contributed by atoms with E-state index in [4.69, 9.17) is 0 Å². The number of rotatable bonds is 7. The summed E-state index contributed by atoms with van der Waals surface area (Å²) in [4.78, 5) is 0. The van der Waals surface area contributed by atoms with Crippen LogP contribution in [0.15, 0.2) is 24.3 Å². The highest BCUT2D eigenvalue weighted by atomic mass is 32.2. The zero-order valence-corrected chi connectivity index (χ0v) is 12.3. The Morgan fingerprint density at radius 2 is 2.06 bits per heavy atom. The first-order chi connectivity index (χ1) is 8.17. The maximum absolute atomic E-state index is 3.42. The number of hydrogen-bond acceptors (Lipinski definition) is 2. The molecule has 2 heteroatoms. The van der Waals surface area contributed by atoms with Gasteiger partial charge >= 0.3 is 0 Å². The van der Waals surface area contributed by atoms with Gasteiger partial charge in [0, 0.05) is 11.8 Å². The summed E-state index contributed by atoms with van der Waals surface area (Å²) in [5.74, 6) is 3.25. The third-order valence-corrected chi connectivity index (χ3v) is 4.55. The molecule has 96 valence electrons. The van der Waals surface area contributed by atoms with Crippen molar-refractivity contribution in [1.29, 1.82) is 0 Å². The van der Waals surface area contributed by atoms with Crippen LogP contribution in [0, 0.1) is 12.8 Å². The van der Waals surface area contributed by atoms with Gasteiger partial charge in [0.15, 0.2) is 0 Å². The average molecular weight is 251 g/mol. The first-order valence-electron chi connectivity index (χ1n) is 6.49. The predicted molar refractivity (Wildman–Crippen MR) is 79.8 cm³/mol. The fourth-order valence-electron chi connectivity index (χ4n) is 1.74. The lowest BCUT2D eigenvalue weighted by Gasteiger charge is -2.18. The van der Waals surface area contributed by atoms with E-state index in [1.54, 1.807) is 0 Å². The molecule has 0 spiro atoms. The lowest BCUT2D eigenvalue weighted by Crippen LogP contribution is -2.19. The molecule has 0 amide bonds. The molecular weight excluding hydrogens is 226 g/mol. The molecule has 1 N–H and O–H groups in total. The van der Waals surface area contributed by atoms with Crippen LogP contribution in [0.25, 0.3) is 0 Å². The lowest BCUT2D eigenvalue weighted by molar-refractivity contribution is 0.630. The van der Waals surface area contributed by atoms with Gasteiger partial charge in [0.25, 0.3) is 0 Å². The summed E-state index contributed by atoms with van der Waals surface area (Å²) in [7, 11) is 2.05. The fourth-order valence-corrected chi connectivity index (χ4v) is 3.11. The van der Waals surface area contributed by atoms with Gasteiger partial charge < -0.3 is 5.32 Å². The normalized spacial score (nSPS) is 14.6. The van der Waals surface area contributed by atoms with Crippen molar-refractivity contribution in [1.82, 2.24) is 5.32 Å². The van der Waals surface area contributed by atoms with Gasteiger partial charge in [-0.05, 0) is 31.2 Å². The van der Waals surface area contributed by atoms with Gasteiger partial charge in [0.2, 0.25) is 0 Å². The molecular formula is C15H25NS. The Morgan fingerprint density at radius 3 is 2.65 bits per heavy atom. The minimum absolute atomic E-state index is 0.476. The number of hydrogen-bond donors (Lipinski definition) is 1. The summed E-state index contributed by atoms with van der Waals surface area (Å²) < 4.78 is 0. The Morgan fingerprint density at radius 1 is 1.29 bits per heavy atom. The van der Waals surface area contributed by atoms with Crippen LogP contribution in [-0.4, -0.2) is 18.6 Å². The van der Waals surface area contributed by atoms with Crippen LogP contribution in [0.3, 0.4) is 0 Å². The highest BCUT2D eigenvalue weighted by Crippen LogP contribution is 2.21. The van der Waals surface area contributed by atoms with Crippen LogP contribution >= 0.6 is 11.8 Å². The Balaban J connectivity index is 2.48. The second-order valence-electron chi connectivity index (χ2n) is 4.81. The molecule has 1 aromatic carbocycles. The molecule has 0 saturated heterocycles. The SMILES string of the molecule is CCC(C)CSCC(NC)c1cccc(C)c1. The Kier molecular flexibility index (Phi) is 6.68. The molecule has 2 atom stereocenters. The van der Waals surface area contributed by atoms with Crippen molar-refractivity contribution in [3.63, 3.8) is 0 Å².